The molecule has 0 aromatic heterocycles. The van der Waals surface area contributed by atoms with Gasteiger partial charge in [0.25, 0.3) is 0 Å². The lowest BCUT2D eigenvalue weighted by Gasteiger charge is -2.34. The van der Waals surface area contributed by atoms with Crippen molar-refractivity contribution in [1.29, 1.82) is 0 Å². The zero-order chi connectivity index (χ0) is 39.0. The largest absolute Gasteiger partial charge is 0.481 e. The Morgan fingerprint density at radius 1 is 0.942 bits per heavy atom. The van der Waals surface area contributed by atoms with Crippen LogP contribution in [0.25, 0.3) is 0 Å². The van der Waals surface area contributed by atoms with Gasteiger partial charge in [-0.25, -0.2) is 4.79 Å². The number of carbonyl (C=O) groups excluding carboxylic acids is 5. The van der Waals surface area contributed by atoms with Crippen molar-refractivity contribution in [1.82, 2.24) is 5.32 Å². The molecule has 0 aliphatic rings. The van der Waals surface area contributed by atoms with E-state index < -0.39 is 53.3 Å². The highest BCUT2D eigenvalue weighted by atomic mass is 16.6. The summed E-state index contributed by atoms with van der Waals surface area (Å²) in [6.07, 6.45) is 13.4. The number of nitrogens with two attached hydrogens (primary N) is 1. The summed E-state index contributed by atoms with van der Waals surface area (Å²) >= 11 is 0. The van der Waals surface area contributed by atoms with Crippen LogP contribution in [0.5, 0.6) is 5.75 Å². The predicted molar refractivity (Wildman–Crippen MR) is 201 cm³/mol. The Morgan fingerprint density at radius 2 is 1.56 bits per heavy atom. The SMILES string of the molecule is CC#CCOc1ccc(C[C@H](NC(=O)[C@@H](C=CCCCCCCC(=O)CCCCCCC)[C@@](O)(CCOC(C)=O)C(=O)OC(C)(C)C)C(N)=O)cc1. The van der Waals surface area contributed by atoms with Gasteiger partial charge >= 0.3 is 11.9 Å². The summed E-state index contributed by atoms with van der Waals surface area (Å²) in [7, 11) is 0. The highest BCUT2D eigenvalue weighted by molar-refractivity contribution is 5.94. The summed E-state index contributed by atoms with van der Waals surface area (Å²) in [6.45, 7) is 9.81. The highest BCUT2D eigenvalue weighted by Crippen LogP contribution is 2.29. The van der Waals surface area contributed by atoms with E-state index in [2.05, 4.69) is 24.1 Å². The van der Waals surface area contributed by atoms with Crippen LogP contribution in [-0.4, -0.2) is 65.1 Å². The maximum atomic E-state index is 13.9. The topological polar surface area (TPSA) is 171 Å². The van der Waals surface area contributed by atoms with Crippen LogP contribution in [-0.2, 0) is 39.9 Å². The molecule has 0 unspecified atom stereocenters. The van der Waals surface area contributed by atoms with Crippen LogP contribution < -0.4 is 15.8 Å². The van der Waals surface area contributed by atoms with E-state index in [-0.39, 0.29) is 19.6 Å². The fraction of sp³-hybridized carbons (Fsp3) is 0.634. The molecule has 11 nitrogen and oxygen atoms in total. The van der Waals surface area contributed by atoms with E-state index >= 15 is 0 Å². The van der Waals surface area contributed by atoms with Crippen LogP contribution in [0.15, 0.2) is 36.4 Å². The van der Waals surface area contributed by atoms with E-state index in [1.165, 1.54) is 32.3 Å². The van der Waals surface area contributed by atoms with Gasteiger partial charge in [-0.1, -0.05) is 75.7 Å². The molecule has 0 saturated heterocycles. The number of rotatable bonds is 26. The number of allylic oxidation sites excluding steroid dienone is 1. The van der Waals surface area contributed by atoms with Gasteiger partial charge in [0.2, 0.25) is 11.8 Å². The molecule has 0 saturated carbocycles. The van der Waals surface area contributed by atoms with E-state index in [0.717, 1.165) is 38.5 Å². The molecule has 11 heteroatoms. The van der Waals surface area contributed by atoms with Crippen molar-refractivity contribution in [3.8, 4) is 17.6 Å². The minimum atomic E-state index is -2.46. The Balaban J connectivity index is 3.11. The first-order valence-electron chi connectivity index (χ1n) is 18.6. The normalized spacial score (nSPS) is 13.6. The van der Waals surface area contributed by atoms with E-state index in [1.54, 1.807) is 58.0 Å². The third-order valence-corrected chi connectivity index (χ3v) is 8.31. The molecule has 2 amide bonds. The Kier molecular flexibility index (Phi) is 22.0. The van der Waals surface area contributed by atoms with Crippen LogP contribution >= 0.6 is 0 Å². The number of nitrogens with one attached hydrogen (secondary N) is 1. The number of benzene rings is 1. The summed E-state index contributed by atoms with van der Waals surface area (Å²) in [5.74, 6) is 1.57. The van der Waals surface area contributed by atoms with Gasteiger partial charge in [-0.3, -0.25) is 19.2 Å². The number of amides is 2. The molecule has 0 bridgehead atoms. The highest BCUT2D eigenvalue weighted by Gasteiger charge is 2.49. The first kappa shape index (κ1) is 45.9. The molecule has 0 radical (unpaired) electrons. The van der Waals surface area contributed by atoms with Crippen LogP contribution in [0, 0.1) is 17.8 Å². The number of primary amides is 1. The van der Waals surface area contributed by atoms with Crippen molar-refractivity contribution in [2.24, 2.45) is 11.7 Å². The van der Waals surface area contributed by atoms with Crippen LogP contribution in [0.3, 0.4) is 0 Å². The first-order chi connectivity index (χ1) is 24.6. The van der Waals surface area contributed by atoms with Gasteiger partial charge in [0.1, 0.15) is 29.8 Å². The van der Waals surface area contributed by atoms with Crippen molar-refractivity contribution < 1.29 is 43.3 Å². The van der Waals surface area contributed by atoms with Crippen molar-refractivity contribution in [2.75, 3.05) is 13.2 Å². The number of carbonyl (C=O) groups is 5. The average Bonchev–Trinajstić information content (AvgIpc) is 3.06. The van der Waals surface area contributed by atoms with Crippen molar-refractivity contribution in [3.63, 3.8) is 0 Å². The van der Waals surface area contributed by atoms with Crippen molar-refractivity contribution >= 4 is 29.5 Å². The summed E-state index contributed by atoms with van der Waals surface area (Å²) in [5.41, 5.74) is 2.91. The maximum absolute atomic E-state index is 13.9. The zero-order valence-electron chi connectivity index (χ0n) is 32.2. The molecule has 0 fully saturated rings. The third kappa shape index (κ3) is 19.4. The number of ether oxygens (including phenoxy) is 3. The van der Waals surface area contributed by atoms with Gasteiger partial charge < -0.3 is 30.4 Å². The molecule has 1 aromatic carbocycles. The fourth-order valence-corrected chi connectivity index (χ4v) is 5.42. The lowest BCUT2D eigenvalue weighted by atomic mass is 9.82. The van der Waals surface area contributed by atoms with Gasteiger partial charge in [-0.2, -0.15) is 0 Å². The molecule has 290 valence electrons. The number of unbranched alkanes of at least 4 members (excludes halogenated alkanes) is 8. The summed E-state index contributed by atoms with van der Waals surface area (Å²) in [4.78, 5) is 63.8. The Morgan fingerprint density at radius 3 is 2.12 bits per heavy atom. The lowest BCUT2D eigenvalue weighted by molar-refractivity contribution is -0.186. The molecule has 3 atom stereocenters. The summed E-state index contributed by atoms with van der Waals surface area (Å²) in [5, 5.41) is 14.6. The number of hydrogen-bond donors (Lipinski definition) is 3. The van der Waals surface area contributed by atoms with Gasteiger partial charge in [-0.05, 0) is 71.1 Å². The maximum Gasteiger partial charge on any atom is 0.339 e. The minimum absolute atomic E-state index is 0.0340. The second kappa shape index (κ2) is 24.9. The molecule has 1 rings (SSSR count). The molecular formula is C41H62N2O9. The fourth-order valence-electron chi connectivity index (χ4n) is 5.42. The molecular weight excluding hydrogens is 664 g/mol. The van der Waals surface area contributed by atoms with Crippen LogP contribution in [0.2, 0.25) is 0 Å². The monoisotopic (exact) mass is 726 g/mol. The molecule has 0 aliphatic heterocycles. The molecule has 1 aromatic rings. The number of aliphatic hydroxyl groups is 1. The van der Waals surface area contributed by atoms with Crippen molar-refractivity contribution in [3.05, 3.63) is 42.0 Å². The molecule has 52 heavy (non-hydrogen) atoms. The van der Waals surface area contributed by atoms with E-state index in [4.69, 9.17) is 19.9 Å². The molecule has 4 N–H and O–H groups in total. The first-order valence-corrected chi connectivity index (χ1v) is 18.6. The summed E-state index contributed by atoms with van der Waals surface area (Å²) < 4.78 is 16.1. The number of esters is 2. The van der Waals surface area contributed by atoms with Gasteiger partial charge in [0.15, 0.2) is 5.60 Å². The third-order valence-electron chi connectivity index (χ3n) is 8.31. The Hall–Kier alpha value is -4.17. The minimum Gasteiger partial charge on any atom is -0.481 e. The molecule has 0 spiro atoms. The summed E-state index contributed by atoms with van der Waals surface area (Å²) in [6, 6.07) is 5.70. The van der Waals surface area contributed by atoms with E-state index in [1.807, 2.05) is 0 Å². The molecule has 0 heterocycles. The van der Waals surface area contributed by atoms with Crippen LogP contribution in [0.1, 0.15) is 131 Å². The second-order valence-corrected chi connectivity index (χ2v) is 14.1. The number of hydrogen-bond acceptors (Lipinski definition) is 9. The lowest BCUT2D eigenvalue weighted by Crippen LogP contribution is -2.57. The van der Waals surface area contributed by atoms with E-state index in [9.17, 15) is 29.1 Å². The van der Waals surface area contributed by atoms with Crippen LogP contribution in [0.4, 0.5) is 0 Å². The number of ketones is 1. The second-order valence-electron chi connectivity index (χ2n) is 14.1. The zero-order valence-corrected chi connectivity index (χ0v) is 32.2. The standard InChI is InChI=1S/C41H62N2O9/c1-7-9-11-14-17-20-33(45)21-18-15-12-13-16-19-22-35(41(49,27-29-50-31(3)44)39(48)52-40(4,5)6)38(47)43-36(37(42)46)30-32-23-25-34(26-24-32)51-28-10-8-2/h19,22-26,35-36,49H,7,9,11-18,20-21,27-30H2,1-6H3,(H2,42,46)(H,43,47)/t35-,36+,41+/m1/s1. The average molecular weight is 727 g/mol. The van der Waals surface area contributed by atoms with Gasteiger partial charge in [0, 0.05) is 32.6 Å². The molecule has 0 aliphatic carbocycles. The Labute approximate surface area is 310 Å². The Bertz CT molecular complexity index is 1350. The quantitative estimate of drug-likeness (QED) is 0.0444. The number of Topliss-reactive ketones (excluding diaryl/α,β-unsaturated/α-hetero) is 1. The van der Waals surface area contributed by atoms with Crippen molar-refractivity contribution in [2.45, 2.75) is 149 Å². The van der Waals surface area contributed by atoms with E-state index in [0.29, 0.717) is 36.4 Å². The van der Waals surface area contributed by atoms with Gasteiger partial charge in [-0.15, -0.1) is 5.92 Å². The smallest absolute Gasteiger partial charge is 0.339 e. The predicted octanol–water partition coefficient (Wildman–Crippen LogP) is 6.07. The van der Waals surface area contributed by atoms with Gasteiger partial charge in [0.05, 0.1) is 12.5 Å².